The third-order valence-corrected chi connectivity index (χ3v) is 10.4. The number of aromatic nitrogens is 1. The summed E-state index contributed by atoms with van der Waals surface area (Å²) in [6, 6.07) is 21.8. The van der Waals surface area contributed by atoms with Crippen LogP contribution in [0.15, 0.2) is 87.1 Å². The molecule has 1 N–H and O–H groups in total. The topological polar surface area (TPSA) is 97.7 Å². The second-order valence-corrected chi connectivity index (χ2v) is 12.8. The summed E-state index contributed by atoms with van der Waals surface area (Å²) in [7, 11) is 1.55. The minimum Gasteiger partial charge on any atom is -0.497 e. The lowest BCUT2D eigenvalue weighted by Crippen LogP contribution is -2.33. The number of thioether (sulfide) groups is 1. The first-order valence-corrected chi connectivity index (χ1v) is 15.3. The summed E-state index contributed by atoms with van der Waals surface area (Å²) < 4.78 is 7.48. The van der Waals surface area contributed by atoms with Gasteiger partial charge in [0.2, 0.25) is 17.7 Å². The van der Waals surface area contributed by atoms with Crippen LogP contribution in [0.4, 0.5) is 11.4 Å². The highest BCUT2D eigenvalue weighted by Crippen LogP contribution is 2.54. The summed E-state index contributed by atoms with van der Waals surface area (Å²) in [5.74, 6) is -1.66. The molecule has 8 nitrogen and oxygen atoms in total. The van der Waals surface area contributed by atoms with Gasteiger partial charge in [0.15, 0.2) is 0 Å². The number of amides is 3. The van der Waals surface area contributed by atoms with Gasteiger partial charge in [-0.25, -0.2) is 4.90 Å². The molecule has 0 bridgehead atoms. The van der Waals surface area contributed by atoms with Crippen molar-refractivity contribution in [3.05, 3.63) is 103 Å². The molecule has 0 spiro atoms. The van der Waals surface area contributed by atoms with Crippen LogP contribution in [-0.2, 0) is 20.9 Å². The third kappa shape index (κ3) is 4.92. The molecule has 3 amide bonds. The number of hydrogen-bond acceptors (Lipinski definition) is 7. The average molecular weight is 651 g/mol. The van der Waals surface area contributed by atoms with E-state index in [2.05, 4.69) is 21.2 Å². The summed E-state index contributed by atoms with van der Waals surface area (Å²) in [6.07, 6.45) is 0. The van der Waals surface area contributed by atoms with Crippen molar-refractivity contribution in [2.75, 3.05) is 17.3 Å². The number of nitrogens with one attached hydrogen (secondary N) is 1. The molecule has 0 saturated carbocycles. The first-order chi connectivity index (χ1) is 19.8. The van der Waals surface area contributed by atoms with E-state index in [-0.39, 0.29) is 29.1 Å². The monoisotopic (exact) mass is 649 g/mol. The normalized spacial score (nSPS) is 19.6. The molecule has 2 aliphatic rings. The number of ether oxygens (including phenoxy) is 1. The number of benzene rings is 3. The summed E-state index contributed by atoms with van der Waals surface area (Å²) in [5.41, 5.74) is 2.84. The van der Waals surface area contributed by atoms with Crippen molar-refractivity contribution in [2.24, 2.45) is 5.92 Å². The van der Waals surface area contributed by atoms with Crippen LogP contribution in [0, 0.1) is 12.8 Å². The second-order valence-electron chi connectivity index (χ2n) is 9.79. The van der Waals surface area contributed by atoms with Crippen LogP contribution < -0.4 is 19.8 Å². The van der Waals surface area contributed by atoms with E-state index < -0.39 is 17.1 Å². The van der Waals surface area contributed by atoms with Gasteiger partial charge in [-0.3, -0.25) is 23.7 Å². The van der Waals surface area contributed by atoms with Crippen molar-refractivity contribution in [1.29, 1.82) is 0 Å². The number of nitrogens with zero attached hydrogens (tertiary/aromatic N) is 2. The maximum Gasteiger partial charge on any atom is 0.308 e. The van der Waals surface area contributed by atoms with Crippen LogP contribution in [0.1, 0.15) is 21.9 Å². The zero-order chi connectivity index (χ0) is 28.8. The lowest BCUT2D eigenvalue weighted by molar-refractivity contribution is -0.122. The number of hydrogen-bond donors (Lipinski definition) is 1. The number of imide groups is 1. The Morgan fingerprint density at radius 3 is 2.46 bits per heavy atom. The number of carbonyl (C=O) groups is 3. The quantitative estimate of drug-likeness (QED) is 0.280. The fraction of sp³-hybridized carbons (Fsp3) is 0.200. The van der Waals surface area contributed by atoms with E-state index in [1.807, 2.05) is 49.4 Å². The zero-order valence-electron chi connectivity index (χ0n) is 22.0. The smallest absolute Gasteiger partial charge is 0.308 e. The van der Waals surface area contributed by atoms with E-state index in [4.69, 9.17) is 4.74 Å². The number of thiazole rings is 1. The molecule has 208 valence electrons. The van der Waals surface area contributed by atoms with Crippen LogP contribution in [0.25, 0.3) is 0 Å². The lowest BCUT2D eigenvalue weighted by Gasteiger charge is -2.30. The Hall–Kier alpha value is -3.67. The molecule has 0 radical (unpaired) electrons. The number of anilines is 2. The van der Waals surface area contributed by atoms with Crippen LogP contribution in [0.5, 0.6) is 5.75 Å². The van der Waals surface area contributed by atoms with Gasteiger partial charge in [0.1, 0.15) is 17.5 Å². The first kappa shape index (κ1) is 27.5. The SMILES string of the molecule is COc1ccc(N2C(=O)C3Sc4c(sc(=O)n4CC(=O)Nc4ccccc4C)C(c4cccc(Br)c4)C3C2=O)cc1. The molecule has 1 fully saturated rings. The number of methoxy groups -OCH3 is 1. The number of fused-ring (bicyclic) bond motifs is 2. The molecule has 0 aliphatic carbocycles. The minimum atomic E-state index is -0.763. The van der Waals surface area contributed by atoms with Crippen LogP contribution >= 0.6 is 39.0 Å². The van der Waals surface area contributed by atoms with Crippen molar-refractivity contribution >= 4 is 68.1 Å². The molecule has 4 aromatic rings. The Morgan fingerprint density at radius 1 is 1.00 bits per heavy atom. The molecular weight excluding hydrogens is 626 g/mol. The van der Waals surface area contributed by atoms with Crippen molar-refractivity contribution < 1.29 is 19.1 Å². The van der Waals surface area contributed by atoms with Gasteiger partial charge in [0.05, 0.1) is 23.7 Å². The lowest BCUT2D eigenvalue weighted by atomic mass is 9.83. The van der Waals surface area contributed by atoms with Gasteiger partial charge < -0.3 is 10.1 Å². The van der Waals surface area contributed by atoms with Crippen LogP contribution in [0.2, 0.25) is 0 Å². The van der Waals surface area contributed by atoms with Crippen molar-refractivity contribution in [3.63, 3.8) is 0 Å². The molecular formula is C30H24BrN3O5S2. The highest BCUT2D eigenvalue weighted by Gasteiger charge is 2.56. The maximum absolute atomic E-state index is 14.0. The number of aryl methyl sites for hydroxylation is 1. The second kappa shape index (κ2) is 11.0. The highest BCUT2D eigenvalue weighted by molar-refractivity contribution is 9.10. The van der Waals surface area contributed by atoms with E-state index in [0.717, 1.165) is 26.9 Å². The van der Waals surface area contributed by atoms with Crippen LogP contribution in [0.3, 0.4) is 0 Å². The maximum atomic E-state index is 14.0. The molecule has 2 aliphatic heterocycles. The fourth-order valence-corrected chi connectivity index (χ4v) is 8.54. The zero-order valence-corrected chi connectivity index (χ0v) is 25.2. The molecule has 3 atom stereocenters. The average Bonchev–Trinajstić information content (AvgIpc) is 3.40. The van der Waals surface area contributed by atoms with Gasteiger partial charge in [0.25, 0.3) is 0 Å². The first-order valence-electron chi connectivity index (χ1n) is 12.8. The fourth-order valence-electron chi connectivity index (χ4n) is 5.35. The Morgan fingerprint density at radius 2 is 1.76 bits per heavy atom. The molecule has 1 aromatic heterocycles. The Labute approximate surface area is 252 Å². The van der Waals surface area contributed by atoms with Gasteiger partial charge in [0, 0.05) is 21.0 Å². The van der Waals surface area contributed by atoms with Crippen molar-refractivity contribution in [2.45, 2.75) is 29.7 Å². The summed E-state index contributed by atoms with van der Waals surface area (Å²) >= 11 is 5.74. The van der Waals surface area contributed by atoms with E-state index in [9.17, 15) is 19.2 Å². The summed E-state index contributed by atoms with van der Waals surface area (Å²) in [5, 5.41) is 2.67. The predicted octanol–water partition coefficient (Wildman–Crippen LogP) is 5.42. The standard InChI is InChI=1S/C30H24BrN3O5S2/c1-16-6-3-4-9-21(16)32-22(35)15-33-29-26(41-30(33)38)23(17-7-5-8-18(31)14-17)24-25(40-29)28(37)34(27(24)36)19-10-12-20(39-2)13-11-19/h3-14,23-25H,15H2,1-2H3,(H,32,35). The largest absolute Gasteiger partial charge is 0.497 e. The number of carbonyl (C=O) groups excluding carboxylic acids is 3. The molecule has 3 heterocycles. The molecule has 3 unspecified atom stereocenters. The van der Waals surface area contributed by atoms with Crippen LogP contribution in [-0.4, -0.2) is 34.6 Å². The number of halogens is 1. The van der Waals surface area contributed by atoms with Crippen molar-refractivity contribution in [3.8, 4) is 5.75 Å². The molecule has 1 saturated heterocycles. The van der Waals surface area contributed by atoms with Gasteiger partial charge in [-0.1, -0.05) is 69.4 Å². The van der Waals surface area contributed by atoms with Gasteiger partial charge in [-0.15, -0.1) is 0 Å². The third-order valence-electron chi connectivity index (χ3n) is 7.31. The van der Waals surface area contributed by atoms with Gasteiger partial charge in [-0.05, 0) is 60.5 Å². The molecule has 6 rings (SSSR count). The van der Waals surface area contributed by atoms with E-state index >= 15 is 0 Å². The number of para-hydroxylation sites is 1. The Kier molecular flexibility index (Phi) is 7.35. The van der Waals surface area contributed by atoms with Crippen molar-refractivity contribution in [1.82, 2.24) is 4.57 Å². The van der Waals surface area contributed by atoms with Gasteiger partial charge >= 0.3 is 4.87 Å². The molecule has 3 aromatic carbocycles. The minimum absolute atomic E-state index is 0.209. The summed E-state index contributed by atoms with van der Waals surface area (Å²) in [6.45, 7) is 1.68. The summed E-state index contributed by atoms with van der Waals surface area (Å²) in [4.78, 5) is 55.9. The van der Waals surface area contributed by atoms with E-state index in [1.54, 1.807) is 37.4 Å². The van der Waals surface area contributed by atoms with E-state index in [1.165, 1.54) is 21.2 Å². The van der Waals surface area contributed by atoms with E-state index in [0.29, 0.717) is 27.0 Å². The van der Waals surface area contributed by atoms with Gasteiger partial charge in [-0.2, -0.15) is 0 Å². The molecule has 41 heavy (non-hydrogen) atoms. The number of rotatable bonds is 6. The Bertz CT molecular complexity index is 1750. The predicted molar refractivity (Wildman–Crippen MR) is 163 cm³/mol. The Balaban J connectivity index is 1.41. The molecule has 11 heteroatoms. The highest BCUT2D eigenvalue weighted by atomic mass is 79.9.